The number of halogens is 1. The fourth-order valence-corrected chi connectivity index (χ4v) is 3.78. The van der Waals surface area contributed by atoms with Crippen LogP contribution in [0.1, 0.15) is 22.3 Å². The van der Waals surface area contributed by atoms with Crippen LogP contribution in [0.2, 0.25) is 0 Å². The monoisotopic (exact) mass is 478 g/mol. The number of ether oxygens (including phenoxy) is 1. The van der Waals surface area contributed by atoms with E-state index in [0.717, 1.165) is 31.7 Å². The second-order valence-electron chi connectivity index (χ2n) is 6.31. The Kier molecular flexibility index (Phi) is 5.13. The highest BCUT2D eigenvalue weighted by Gasteiger charge is 2.23. The lowest BCUT2D eigenvalue weighted by atomic mass is 10.0. The maximum absolute atomic E-state index is 12.3. The van der Waals surface area contributed by atoms with Crippen molar-refractivity contribution in [2.75, 3.05) is 5.32 Å². The minimum atomic E-state index is -0.0929. The van der Waals surface area contributed by atoms with E-state index in [1.807, 2.05) is 66.7 Å². The van der Waals surface area contributed by atoms with Gasteiger partial charge in [-0.15, -0.1) is 0 Å². The normalized spacial score (nSPS) is 13.7. The fraction of sp³-hybridized carbons (Fsp3) is 0.0435. The molecule has 28 heavy (non-hydrogen) atoms. The number of nitrogens with zero attached hydrogens (tertiary/aromatic N) is 1. The van der Waals surface area contributed by atoms with Crippen LogP contribution in [0, 0.1) is 14.9 Å². The van der Waals surface area contributed by atoms with Crippen LogP contribution in [0.25, 0.3) is 11.6 Å². The predicted molar refractivity (Wildman–Crippen MR) is 118 cm³/mol. The molecule has 3 aromatic rings. The van der Waals surface area contributed by atoms with Gasteiger partial charge in [0.05, 0.1) is 15.2 Å². The number of anilines is 1. The Bertz CT molecular complexity index is 1150. The van der Waals surface area contributed by atoms with Gasteiger partial charge in [0.25, 0.3) is 5.91 Å². The zero-order chi connectivity index (χ0) is 19.5. The van der Waals surface area contributed by atoms with Crippen molar-refractivity contribution in [3.05, 3.63) is 92.6 Å². The zero-order valence-corrected chi connectivity index (χ0v) is 16.9. The van der Waals surface area contributed by atoms with Crippen molar-refractivity contribution in [2.24, 2.45) is 0 Å². The van der Waals surface area contributed by atoms with E-state index in [4.69, 9.17) is 4.74 Å². The molecule has 0 radical (unpaired) electrons. The maximum Gasteiger partial charge on any atom is 0.256 e. The molecule has 1 aliphatic heterocycles. The van der Waals surface area contributed by atoms with Crippen LogP contribution in [0.3, 0.4) is 0 Å². The molecular formula is C23H15IN2O2. The number of rotatable bonds is 4. The minimum absolute atomic E-state index is 0.0929. The highest BCUT2D eigenvalue weighted by molar-refractivity contribution is 14.1. The second kappa shape index (κ2) is 7.87. The van der Waals surface area contributed by atoms with Gasteiger partial charge in [0.2, 0.25) is 0 Å². The third-order valence-corrected chi connectivity index (χ3v) is 5.34. The molecule has 0 unspecified atom stereocenters. The van der Waals surface area contributed by atoms with Crippen molar-refractivity contribution >= 4 is 45.8 Å². The van der Waals surface area contributed by atoms with Gasteiger partial charge < -0.3 is 10.1 Å². The molecular weight excluding hydrogens is 463 g/mol. The highest BCUT2D eigenvalue weighted by Crippen LogP contribution is 2.33. The lowest BCUT2D eigenvalue weighted by molar-refractivity contribution is -0.110. The summed E-state index contributed by atoms with van der Waals surface area (Å²) in [6.07, 6.45) is 1.89. The van der Waals surface area contributed by atoms with Gasteiger partial charge in [-0.1, -0.05) is 42.5 Å². The van der Waals surface area contributed by atoms with Crippen molar-refractivity contribution in [1.82, 2.24) is 0 Å². The summed E-state index contributed by atoms with van der Waals surface area (Å²) in [5.41, 5.74) is 4.80. The first-order chi connectivity index (χ1) is 13.7. The topological polar surface area (TPSA) is 62.1 Å². The summed E-state index contributed by atoms with van der Waals surface area (Å²) in [6.45, 7) is 0.329. The lowest BCUT2D eigenvalue weighted by Gasteiger charge is -2.10. The molecule has 4 rings (SSSR count). The third kappa shape index (κ3) is 3.64. The number of benzene rings is 3. The number of carbonyl (C=O) groups excluding carboxylic acids is 1. The molecule has 1 heterocycles. The number of carbonyl (C=O) groups is 1. The molecule has 5 heteroatoms. The lowest BCUT2D eigenvalue weighted by Crippen LogP contribution is -2.03. The summed E-state index contributed by atoms with van der Waals surface area (Å²) in [7, 11) is 0. The molecule has 1 aliphatic rings. The first-order valence-corrected chi connectivity index (χ1v) is 9.76. The van der Waals surface area contributed by atoms with Crippen LogP contribution in [0.4, 0.5) is 5.69 Å². The number of hydrogen-bond donors (Lipinski definition) is 1. The van der Waals surface area contributed by atoms with Crippen LogP contribution in [-0.2, 0) is 11.4 Å². The molecule has 0 aromatic heterocycles. The molecule has 4 nitrogen and oxygen atoms in total. The van der Waals surface area contributed by atoms with Crippen LogP contribution >= 0.6 is 22.6 Å². The van der Waals surface area contributed by atoms with Crippen LogP contribution in [-0.4, -0.2) is 5.91 Å². The Hall–Kier alpha value is -3.11. The van der Waals surface area contributed by atoms with Crippen LogP contribution in [0.5, 0.6) is 5.75 Å². The summed E-state index contributed by atoms with van der Waals surface area (Å²) < 4.78 is 6.85. The summed E-state index contributed by atoms with van der Waals surface area (Å²) in [4.78, 5) is 12.3. The van der Waals surface area contributed by atoms with Gasteiger partial charge in [0, 0.05) is 22.4 Å². The average Bonchev–Trinajstić information content (AvgIpc) is 3.03. The number of hydrogen-bond acceptors (Lipinski definition) is 3. The summed E-state index contributed by atoms with van der Waals surface area (Å²) in [5.74, 6) is 0.649. The molecule has 0 atom stereocenters. The smallest absolute Gasteiger partial charge is 0.256 e. The molecule has 0 saturated heterocycles. The van der Waals surface area contributed by atoms with Gasteiger partial charge in [-0.2, -0.15) is 5.26 Å². The largest absolute Gasteiger partial charge is 0.488 e. The van der Waals surface area contributed by atoms with Gasteiger partial charge in [0.15, 0.2) is 0 Å². The van der Waals surface area contributed by atoms with Gasteiger partial charge in [-0.3, -0.25) is 4.79 Å². The first kappa shape index (κ1) is 18.3. The molecule has 0 spiro atoms. The van der Waals surface area contributed by atoms with E-state index in [0.29, 0.717) is 17.7 Å². The highest BCUT2D eigenvalue weighted by atomic mass is 127. The average molecular weight is 478 g/mol. The van der Waals surface area contributed by atoms with E-state index >= 15 is 0 Å². The van der Waals surface area contributed by atoms with Gasteiger partial charge >= 0.3 is 0 Å². The molecule has 1 N–H and O–H groups in total. The first-order valence-electron chi connectivity index (χ1n) is 8.68. The van der Waals surface area contributed by atoms with Crippen molar-refractivity contribution in [3.8, 4) is 11.8 Å². The van der Waals surface area contributed by atoms with Gasteiger partial charge in [-0.25, -0.2) is 0 Å². The van der Waals surface area contributed by atoms with Crippen LogP contribution < -0.4 is 10.1 Å². The quantitative estimate of drug-likeness (QED) is 0.413. The molecule has 3 aromatic carbocycles. The molecule has 1 amide bonds. The molecule has 0 aliphatic carbocycles. The predicted octanol–water partition coefficient (Wildman–Crippen LogP) is 5.23. The molecule has 136 valence electrons. The Morgan fingerprint density at radius 3 is 2.68 bits per heavy atom. The molecule has 0 fully saturated rings. The van der Waals surface area contributed by atoms with Crippen molar-refractivity contribution < 1.29 is 9.53 Å². The second-order valence-corrected chi connectivity index (χ2v) is 7.47. The summed E-state index contributed by atoms with van der Waals surface area (Å²) in [5, 5.41) is 12.1. The Labute approximate surface area is 176 Å². The van der Waals surface area contributed by atoms with Crippen molar-refractivity contribution in [1.29, 1.82) is 5.26 Å². The fourth-order valence-electron chi connectivity index (χ4n) is 3.08. The number of amides is 1. The van der Waals surface area contributed by atoms with Crippen LogP contribution in [0.15, 0.2) is 66.7 Å². The summed E-state index contributed by atoms with van der Waals surface area (Å²) >= 11 is 2.22. The Morgan fingerprint density at radius 2 is 1.86 bits per heavy atom. The van der Waals surface area contributed by atoms with E-state index < -0.39 is 0 Å². The Morgan fingerprint density at radius 1 is 1.07 bits per heavy atom. The third-order valence-electron chi connectivity index (χ3n) is 4.50. The van der Waals surface area contributed by atoms with E-state index in [9.17, 15) is 10.1 Å². The maximum atomic E-state index is 12.3. The van der Waals surface area contributed by atoms with Crippen molar-refractivity contribution in [2.45, 2.75) is 6.61 Å². The Balaban J connectivity index is 1.56. The van der Waals surface area contributed by atoms with Gasteiger partial charge in [-0.05, 0) is 58.5 Å². The zero-order valence-electron chi connectivity index (χ0n) is 14.8. The number of nitriles is 1. The number of fused-ring (bicyclic) bond motifs is 1. The van der Waals surface area contributed by atoms with E-state index in [2.05, 4.69) is 34.0 Å². The SMILES string of the molecule is N#Cc1ccccc1COc1ccc(/C=C2/C(=O)Nc3ccccc32)cc1I. The summed E-state index contributed by atoms with van der Waals surface area (Å²) in [6, 6.07) is 23.0. The minimum Gasteiger partial charge on any atom is -0.488 e. The number of para-hydroxylation sites is 1. The standard InChI is InChI=1S/C23H15IN2O2/c24-20-12-15(11-19-18-7-3-4-8-21(18)26-23(19)27)9-10-22(20)28-14-17-6-2-1-5-16(17)13-25/h1-12H,14H2,(H,26,27)/b19-11+. The van der Waals surface area contributed by atoms with Gasteiger partial charge in [0.1, 0.15) is 12.4 Å². The van der Waals surface area contributed by atoms with Crippen molar-refractivity contribution in [3.63, 3.8) is 0 Å². The number of nitrogens with one attached hydrogen (secondary N) is 1. The van der Waals surface area contributed by atoms with E-state index in [1.54, 1.807) is 6.07 Å². The molecule has 0 bridgehead atoms. The van der Waals surface area contributed by atoms with E-state index in [1.165, 1.54) is 0 Å². The van der Waals surface area contributed by atoms with E-state index in [-0.39, 0.29) is 5.91 Å². The molecule has 0 saturated carbocycles.